The van der Waals surface area contributed by atoms with E-state index >= 15 is 0 Å². The fourth-order valence-corrected chi connectivity index (χ4v) is 3.73. The average Bonchev–Trinajstić information content (AvgIpc) is 2.67. The van der Waals surface area contributed by atoms with Crippen LogP contribution in [0, 0.1) is 5.92 Å². The van der Waals surface area contributed by atoms with Crippen molar-refractivity contribution in [3.05, 3.63) is 0 Å². The molecule has 0 bridgehead atoms. The van der Waals surface area contributed by atoms with Crippen molar-refractivity contribution in [3.8, 4) is 0 Å². The largest absolute Gasteiger partial charge is 0.479 e. The third kappa shape index (κ3) is 5.23. The van der Waals surface area contributed by atoms with E-state index < -0.39 is 33.4 Å². The first-order chi connectivity index (χ1) is 9.11. The molecule has 1 aliphatic heterocycles. The van der Waals surface area contributed by atoms with Crippen molar-refractivity contribution in [1.82, 2.24) is 5.32 Å². The Kier molecular flexibility index (Phi) is 6.30. The van der Waals surface area contributed by atoms with Crippen molar-refractivity contribution in [3.63, 3.8) is 0 Å². The van der Waals surface area contributed by atoms with Crippen LogP contribution in [0.4, 0.5) is 0 Å². The molecule has 2 unspecified atom stereocenters. The van der Waals surface area contributed by atoms with E-state index in [1.165, 1.54) is 0 Å². The van der Waals surface area contributed by atoms with Crippen LogP contribution < -0.4 is 5.32 Å². The number of rotatable bonds is 7. The molecule has 20 heavy (non-hydrogen) atoms. The zero-order valence-electron chi connectivity index (χ0n) is 11.9. The third-order valence-electron chi connectivity index (χ3n) is 3.15. The number of sulfone groups is 1. The predicted octanol–water partition coefficient (Wildman–Crippen LogP) is 0.533. The summed E-state index contributed by atoms with van der Waals surface area (Å²) in [5.74, 6) is -1.03. The highest BCUT2D eigenvalue weighted by molar-refractivity contribution is 7.91. The van der Waals surface area contributed by atoms with Gasteiger partial charge in [-0.1, -0.05) is 13.8 Å². The summed E-state index contributed by atoms with van der Waals surface area (Å²) < 4.78 is 29.2. The van der Waals surface area contributed by atoms with Gasteiger partial charge >= 0.3 is 5.97 Å². The van der Waals surface area contributed by atoms with Gasteiger partial charge in [0.25, 0.3) is 0 Å². The van der Waals surface area contributed by atoms with Crippen molar-refractivity contribution in [2.24, 2.45) is 5.92 Å². The highest BCUT2D eigenvalue weighted by Crippen LogP contribution is 2.23. The van der Waals surface area contributed by atoms with Gasteiger partial charge in [-0.2, -0.15) is 12.6 Å². The van der Waals surface area contributed by atoms with Crippen molar-refractivity contribution in [1.29, 1.82) is 0 Å². The molecule has 0 aliphatic carbocycles. The number of aliphatic carboxylic acids is 1. The molecule has 0 aromatic rings. The van der Waals surface area contributed by atoms with Gasteiger partial charge in [0.15, 0.2) is 21.4 Å². The van der Waals surface area contributed by atoms with Crippen molar-refractivity contribution in [2.45, 2.75) is 49.5 Å². The van der Waals surface area contributed by atoms with E-state index in [1.807, 2.05) is 13.8 Å². The topological polar surface area (TPSA) is 92.7 Å². The Hall–Kier alpha value is -0.310. The molecule has 6 nitrogen and oxygen atoms in total. The van der Waals surface area contributed by atoms with Gasteiger partial charge in [-0.3, -0.25) is 0 Å². The molecule has 1 heterocycles. The molecule has 0 aromatic carbocycles. The number of carboxylic acid groups (broad SMARTS) is 1. The van der Waals surface area contributed by atoms with Gasteiger partial charge in [0.1, 0.15) is 0 Å². The molecule has 2 N–H and O–H groups in total. The van der Waals surface area contributed by atoms with Crippen LogP contribution in [0.3, 0.4) is 0 Å². The van der Waals surface area contributed by atoms with Crippen LogP contribution in [-0.2, 0) is 19.4 Å². The van der Waals surface area contributed by atoms with E-state index in [4.69, 9.17) is 4.74 Å². The van der Waals surface area contributed by atoms with Crippen LogP contribution in [0.25, 0.3) is 0 Å². The normalized spacial score (nSPS) is 26.6. The number of carboxylic acids is 1. The Balaban J connectivity index is 2.86. The number of thiol groups is 1. The van der Waals surface area contributed by atoms with E-state index in [9.17, 15) is 18.3 Å². The quantitative estimate of drug-likeness (QED) is 0.592. The molecule has 1 rings (SSSR count). The molecule has 1 aliphatic rings. The first-order valence-electron chi connectivity index (χ1n) is 6.59. The molecule has 1 fully saturated rings. The van der Waals surface area contributed by atoms with Crippen LogP contribution in [0.2, 0.25) is 0 Å². The van der Waals surface area contributed by atoms with Crippen molar-refractivity contribution < 1.29 is 23.1 Å². The molecular weight excluding hydrogens is 302 g/mol. The monoisotopic (exact) mass is 325 g/mol. The zero-order chi connectivity index (χ0) is 15.5. The minimum absolute atomic E-state index is 0.0567. The lowest BCUT2D eigenvalue weighted by atomic mass is 10.1. The fourth-order valence-electron chi connectivity index (χ4n) is 2.25. The lowest BCUT2D eigenvalue weighted by Gasteiger charge is -2.26. The van der Waals surface area contributed by atoms with Crippen molar-refractivity contribution >= 4 is 28.4 Å². The van der Waals surface area contributed by atoms with Crippen LogP contribution >= 0.6 is 12.6 Å². The highest BCUT2D eigenvalue weighted by Gasteiger charge is 2.39. The van der Waals surface area contributed by atoms with E-state index in [0.29, 0.717) is 13.0 Å². The molecule has 4 atom stereocenters. The molecule has 0 spiro atoms. The average molecular weight is 325 g/mol. The second-order valence-electron chi connectivity index (χ2n) is 5.69. The van der Waals surface area contributed by atoms with E-state index in [2.05, 4.69) is 17.9 Å². The Morgan fingerprint density at radius 3 is 2.45 bits per heavy atom. The Morgan fingerprint density at radius 2 is 2.10 bits per heavy atom. The van der Waals surface area contributed by atoms with Crippen LogP contribution in [0.1, 0.15) is 26.7 Å². The Bertz CT molecular complexity index is 437. The maximum Gasteiger partial charge on any atom is 0.332 e. The minimum atomic E-state index is -3.52. The minimum Gasteiger partial charge on any atom is -0.479 e. The SMILES string of the molecule is CC(C)CC(OC([C@@H]1C[C@@H](S)CN1)S(C)(=O)=O)C(=O)O. The molecule has 0 aromatic heterocycles. The molecule has 0 radical (unpaired) electrons. The summed E-state index contributed by atoms with van der Waals surface area (Å²) in [5.41, 5.74) is -1.15. The number of hydrogen-bond donors (Lipinski definition) is 3. The summed E-state index contributed by atoms with van der Waals surface area (Å²) in [6.07, 6.45) is 0.766. The second-order valence-corrected chi connectivity index (χ2v) is 8.55. The molecule has 118 valence electrons. The molecular formula is C12H23NO5S2. The van der Waals surface area contributed by atoms with E-state index in [-0.39, 0.29) is 17.6 Å². The van der Waals surface area contributed by atoms with E-state index in [0.717, 1.165) is 6.26 Å². The van der Waals surface area contributed by atoms with Gasteiger partial charge in [-0.15, -0.1) is 0 Å². The fraction of sp³-hybridized carbons (Fsp3) is 0.917. The van der Waals surface area contributed by atoms with E-state index in [1.54, 1.807) is 0 Å². The van der Waals surface area contributed by atoms with Crippen LogP contribution in [0.15, 0.2) is 0 Å². The molecule has 0 amide bonds. The number of hydrogen-bond acceptors (Lipinski definition) is 6. The number of carbonyl (C=O) groups is 1. The van der Waals surface area contributed by atoms with Gasteiger partial charge < -0.3 is 15.2 Å². The molecule has 0 saturated carbocycles. The third-order valence-corrected chi connectivity index (χ3v) is 4.83. The second kappa shape index (κ2) is 7.11. The van der Waals surface area contributed by atoms with Gasteiger partial charge in [0.05, 0.1) is 0 Å². The summed E-state index contributed by atoms with van der Waals surface area (Å²) >= 11 is 4.30. The first kappa shape index (κ1) is 17.7. The standard InChI is InChI=1S/C12H23NO5S2/c1-7(2)4-10(11(14)15)18-12(20(3,16)17)9-5-8(19)6-13-9/h7-10,12-13,19H,4-6H2,1-3H3,(H,14,15)/t8-,9+,10?,12?/m1/s1. The summed E-state index contributed by atoms with van der Waals surface area (Å²) in [7, 11) is -3.52. The highest BCUT2D eigenvalue weighted by atomic mass is 32.2. The van der Waals surface area contributed by atoms with Gasteiger partial charge in [-0.05, 0) is 18.8 Å². The lowest BCUT2D eigenvalue weighted by molar-refractivity contribution is -0.153. The van der Waals surface area contributed by atoms with Gasteiger partial charge in [0.2, 0.25) is 0 Å². The van der Waals surface area contributed by atoms with Gasteiger partial charge in [0, 0.05) is 24.1 Å². The smallest absolute Gasteiger partial charge is 0.332 e. The molecule has 8 heteroatoms. The first-order valence-corrected chi connectivity index (χ1v) is 9.07. The summed E-state index contributed by atoms with van der Waals surface area (Å²) in [4.78, 5) is 11.2. The molecule has 1 saturated heterocycles. The number of nitrogens with one attached hydrogen (secondary N) is 1. The maximum absolute atomic E-state index is 11.9. The summed E-state index contributed by atoms with van der Waals surface area (Å²) in [6.45, 7) is 4.32. The Labute approximate surface area is 125 Å². The predicted molar refractivity (Wildman–Crippen MR) is 79.8 cm³/mol. The number of ether oxygens (including phenoxy) is 1. The van der Waals surface area contributed by atoms with Crippen molar-refractivity contribution in [2.75, 3.05) is 12.8 Å². The summed E-state index contributed by atoms with van der Waals surface area (Å²) in [6, 6.07) is -0.415. The Morgan fingerprint density at radius 1 is 1.50 bits per heavy atom. The van der Waals surface area contributed by atoms with Gasteiger partial charge in [-0.25, -0.2) is 13.2 Å². The zero-order valence-corrected chi connectivity index (χ0v) is 13.7. The maximum atomic E-state index is 11.9. The van der Waals surface area contributed by atoms with Crippen LogP contribution in [0.5, 0.6) is 0 Å². The lowest BCUT2D eigenvalue weighted by Crippen LogP contribution is -2.45. The van der Waals surface area contributed by atoms with Crippen LogP contribution in [-0.4, -0.2) is 55.1 Å². The summed E-state index contributed by atoms with van der Waals surface area (Å²) in [5, 5.41) is 12.3.